The van der Waals surface area contributed by atoms with Crippen LogP contribution in [0.2, 0.25) is 0 Å². The van der Waals surface area contributed by atoms with Crippen molar-refractivity contribution in [1.29, 1.82) is 0 Å². The molecule has 2 rings (SSSR count). The van der Waals surface area contributed by atoms with E-state index >= 15 is 0 Å². The number of carbonyl (C=O) groups is 1. The van der Waals surface area contributed by atoms with Gasteiger partial charge in [-0.2, -0.15) is 5.10 Å². The predicted octanol–water partition coefficient (Wildman–Crippen LogP) is 2.07. The van der Waals surface area contributed by atoms with Gasteiger partial charge in [-0.25, -0.2) is 5.06 Å². The van der Waals surface area contributed by atoms with Crippen LogP contribution in [0.3, 0.4) is 0 Å². The number of nitrogens with zero attached hydrogens (tertiary/aromatic N) is 3. The van der Waals surface area contributed by atoms with Crippen LogP contribution in [0.1, 0.15) is 21.7 Å². The van der Waals surface area contributed by atoms with Gasteiger partial charge in [0.25, 0.3) is 5.91 Å². The van der Waals surface area contributed by atoms with Crippen molar-refractivity contribution in [3.8, 4) is 0 Å². The Morgan fingerprint density at radius 1 is 1.35 bits per heavy atom. The summed E-state index contributed by atoms with van der Waals surface area (Å²) in [7, 11) is 3.03. The minimum Gasteiger partial charge on any atom is -0.274 e. The highest BCUT2D eigenvalue weighted by Gasteiger charge is 2.16. The van der Waals surface area contributed by atoms with E-state index in [2.05, 4.69) is 17.2 Å². The van der Waals surface area contributed by atoms with Crippen LogP contribution in [0.25, 0.3) is 0 Å². The highest BCUT2D eigenvalue weighted by atomic mass is 16.7. The number of benzene rings is 1. The van der Waals surface area contributed by atoms with Gasteiger partial charge in [-0.15, -0.1) is 0 Å². The fourth-order valence-corrected chi connectivity index (χ4v) is 1.96. The molecule has 106 valence electrons. The van der Waals surface area contributed by atoms with Crippen molar-refractivity contribution in [2.75, 3.05) is 14.2 Å². The van der Waals surface area contributed by atoms with Crippen molar-refractivity contribution in [3.05, 3.63) is 53.3 Å². The number of carbonyl (C=O) groups excluding carboxylic acids is 1. The van der Waals surface area contributed by atoms with Crippen LogP contribution in [-0.2, 0) is 17.8 Å². The zero-order valence-corrected chi connectivity index (χ0v) is 12.0. The van der Waals surface area contributed by atoms with Crippen molar-refractivity contribution >= 4 is 5.91 Å². The number of aryl methyl sites for hydroxylation is 3. The molecule has 0 fully saturated rings. The maximum atomic E-state index is 11.9. The molecule has 0 N–H and O–H groups in total. The maximum Gasteiger partial charge on any atom is 0.297 e. The molecule has 0 atom stereocenters. The molecule has 1 aromatic carbocycles. The first kappa shape index (κ1) is 14.3. The smallest absolute Gasteiger partial charge is 0.274 e. The van der Waals surface area contributed by atoms with Crippen LogP contribution in [0.5, 0.6) is 0 Å². The summed E-state index contributed by atoms with van der Waals surface area (Å²) in [4.78, 5) is 16.8. The molecule has 5 nitrogen and oxygen atoms in total. The number of hydrogen-bond acceptors (Lipinski definition) is 3. The third-order valence-electron chi connectivity index (χ3n) is 3.22. The molecule has 0 radical (unpaired) electrons. The molecule has 0 saturated carbocycles. The second-order valence-corrected chi connectivity index (χ2v) is 4.61. The van der Waals surface area contributed by atoms with Gasteiger partial charge in [0, 0.05) is 19.3 Å². The van der Waals surface area contributed by atoms with Crippen LogP contribution in [0.4, 0.5) is 0 Å². The topological polar surface area (TPSA) is 47.4 Å². The number of aromatic nitrogens is 2. The lowest BCUT2D eigenvalue weighted by Gasteiger charge is -2.11. The van der Waals surface area contributed by atoms with E-state index in [4.69, 9.17) is 4.84 Å². The van der Waals surface area contributed by atoms with E-state index in [1.165, 1.54) is 17.7 Å². The molecule has 0 aliphatic rings. The van der Waals surface area contributed by atoms with Gasteiger partial charge >= 0.3 is 0 Å². The predicted molar refractivity (Wildman–Crippen MR) is 76.2 cm³/mol. The van der Waals surface area contributed by atoms with Crippen LogP contribution in [0.15, 0.2) is 36.4 Å². The molecule has 20 heavy (non-hydrogen) atoms. The molecular weight excluding hydrogens is 254 g/mol. The standard InChI is InChI=1S/C15H19N3O2/c1-12-11-14(15(19)17(2)20-3)16-18(12)10-9-13-7-5-4-6-8-13/h4-8,11H,9-10H2,1-3H3. The minimum absolute atomic E-state index is 0.242. The molecule has 5 heteroatoms. The second kappa shape index (κ2) is 6.34. The van der Waals surface area contributed by atoms with Gasteiger partial charge in [0.2, 0.25) is 0 Å². The number of rotatable bonds is 5. The Morgan fingerprint density at radius 2 is 2.05 bits per heavy atom. The Bertz CT molecular complexity index is 578. The summed E-state index contributed by atoms with van der Waals surface area (Å²) in [5.41, 5.74) is 2.62. The first-order valence-electron chi connectivity index (χ1n) is 6.52. The second-order valence-electron chi connectivity index (χ2n) is 4.61. The largest absolute Gasteiger partial charge is 0.297 e. The number of amides is 1. The monoisotopic (exact) mass is 273 g/mol. The van der Waals surface area contributed by atoms with Crippen LogP contribution < -0.4 is 0 Å². The van der Waals surface area contributed by atoms with Gasteiger partial charge in [0.15, 0.2) is 5.69 Å². The third-order valence-corrected chi connectivity index (χ3v) is 3.22. The highest BCUT2D eigenvalue weighted by molar-refractivity contribution is 5.91. The molecule has 0 saturated heterocycles. The fraction of sp³-hybridized carbons (Fsp3) is 0.333. The highest BCUT2D eigenvalue weighted by Crippen LogP contribution is 2.08. The maximum absolute atomic E-state index is 11.9. The molecule has 0 unspecified atom stereocenters. The SMILES string of the molecule is CON(C)C(=O)c1cc(C)n(CCc2ccccc2)n1. The van der Waals surface area contributed by atoms with E-state index in [9.17, 15) is 4.79 Å². The average molecular weight is 273 g/mol. The normalized spacial score (nSPS) is 10.6. The fourth-order valence-electron chi connectivity index (χ4n) is 1.96. The Kier molecular flexibility index (Phi) is 4.53. The molecule has 2 aromatic rings. The van der Waals surface area contributed by atoms with E-state index in [0.29, 0.717) is 5.69 Å². The summed E-state index contributed by atoms with van der Waals surface area (Å²) in [6.07, 6.45) is 0.886. The summed E-state index contributed by atoms with van der Waals surface area (Å²) >= 11 is 0. The molecule has 1 heterocycles. The first-order valence-corrected chi connectivity index (χ1v) is 6.52. The van der Waals surface area contributed by atoms with E-state index < -0.39 is 0 Å². The summed E-state index contributed by atoms with van der Waals surface area (Å²) in [5, 5.41) is 5.51. The lowest BCUT2D eigenvalue weighted by molar-refractivity contribution is -0.0760. The van der Waals surface area contributed by atoms with Crippen molar-refractivity contribution in [1.82, 2.24) is 14.8 Å². The molecule has 1 aromatic heterocycles. The Balaban J connectivity index is 2.06. The number of hydroxylamine groups is 2. The van der Waals surface area contributed by atoms with Gasteiger partial charge in [0.1, 0.15) is 0 Å². The van der Waals surface area contributed by atoms with E-state index in [1.807, 2.05) is 29.8 Å². The zero-order valence-electron chi connectivity index (χ0n) is 12.0. The summed E-state index contributed by atoms with van der Waals surface area (Å²) in [6.45, 7) is 2.70. The molecule has 0 aliphatic carbocycles. The van der Waals surface area contributed by atoms with Gasteiger partial charge in [-0.1, -0.05) is 30.3 Å². The van der Waals surface area contributed by atoms with Gasteiger partial charge in [0.05, 0.1) is 7.11 Å². The lowest BCUT2D eigenvalue weighted by Crippen LogP contribution is -2.26. The lowest BCUT2D eigenvalue weighted by atomic mass is 10.1. The quantitative estimate of drug-likeness (QED) is 0.783. The third kappa shape index (κ3) is 3.24. The van der Waals surface area contributed by atoms with Crippen molar-refractivity contribution in [3.63, 3.8) is 0 Å². The Morgan fingerprint density at radius 3 is 2.70 bits per heavy atom. The summed E-state index contributed by atoms with van der Waals surface area (Å²) in [6, 6.07) is 12.0. The number of hydrogen-bond donors (Lipinski definition) is 0. The van der Waals surface area contributed by atoms with Crippen molar-refractivity contribution in [2.45, 2.75) is 19.9 Å². The summed E-state index contributed by atoms with van der Waals surface area (Å²) in [5.74, 6) is -0.242. The molecule has 0 aliphatic heterocycles. The Hall–Kier alpha value is -2.14. The first-order chi connectivity index (χ1) is 9.61. The van der Waals surface area contributed by atoms with Gasteiger partial charge in [-0.3, -0.25) is 14.3 Å². The van der Waals surface area contributed by atoms with E-state index in [1.54, 1.807) is 13.1 Å². The zero-order chi connectivity index (χ0) is 14.5. The van der Waals surface area contributed by atoms with Gasteiger partial charge in [-0.05, 0) is 25.0 Å². The van der Waals surface area contributed by atoms with Crippen LogP contribution in [0, 0.1) is 6.92 Å². The van der Waals surface area contributed by atoms with Crippen LogP contribution in [-0.4, -0.2) is 34.9 Å². The van der Waals surface area contributed by atoms with E-state index in [-0.39, 0.29) is 5.91 Å². The molecule has 1 amide bonds. The molecular formula is C15H19N3O2. The average Bonchev–Trinajstić information content (AvgIpc) is 2.85. The molecule has 0 bridgehead atoms. The Labute approximate surface area is 118 Å². The van der Waals surface area contributed by atoms with Crippen molar-refractivity contribution in [2.24, 2.45) is 0 Å². The molecule has 0 spiro atoms. The van der Waals surface area contributed by atoms with Crippen LogP contribution >= 0.6 is 0 Å². The van der Waals surface area contributed by atoms with Crippen molar-refractivity contribution < 1.29 is 9.63 Å². The summed E-state index contributed by atoms with van der Waals surface area (Å²) < 4.78 is 1.85. The van der Waals surface area contributed by atoms with Gasteiger partial charge < -0.3 is 0 Å². The minimum atomic E-state index is -0.242. The van der Waals surface area contributed by atoms with E-state index in [0.717, 1.165) is 18.7 Å².